The van der Waals surface area contributed by atoms with E-state index in [2.05, 4.69) is 15.6 Å². The van der Waals surface area contributed by atoms with Crippen LogP contribution in [0.1, 0.15) is 16.1 Å². The molecule has 0 aliphatic rings. The average molecular weight is 412 g/mol. The van der Waals surface area contributed by atoms with Crippen LogP contribution in [0.2, 0.25) is 10.0 Å². The van der Waals surface area contributed by atoms with E-state index in [-0.39, 0.29) is 11.6 Å². The molecule has 0 aliphatic carbocycles. The van der Waals surface area contributed by atoms with Crippen molar-refractivity contribution in [2.75, 3.05) is 5.32 Å². The van der Waals surface area contributed by atoms with Crippen LogP contribution in [0, 0.1) is 0 Å². The summed E-state index contributed by atoms with van der Waals surface area (Å²) in [6, 6.07) is 18.1. The Hall–Kier alpha value is -3.09. The highest BCUT2D eigenvalue weighted by molar-refractivity contribution is 6.30. The maximum absolute atomic E-state index is 12.8. The van der Waals surface area contributed by atoms with Crippen molar-refractivity contribution in [1.29, 1.82) is 0 Å². The SMILES string of the molecule is O=C(Nc1ccc(Cl)cc1)c1nnn(Cc2ccc(Cl)cc2)c1-n1cccc1. The molecular weight excluding hydrogens is 397 g/mol. The summed E-state index contributed by atoms with van der Waals surface area (Å²) in [5, 5.41) is 12.4. The normalized spacial score (nSPS) is 10.8. The van der Waals surface area contributed by atoms with Crippen molar-refractivity contribution >= 4 is 34.8 Å². The van der Waals surface area contributed by atoms with Crippen molar-refractivity contribution in [2.24, 2.45) is 0 Å². The van der Waals surface area contributed by atoms with E-state index in [4.69, 9.17) is 23.2 Å². The van der Waals surface area contributed by atoms with Crippen molar-refractivity contribution < 1.29 is 4.79 Å². The average Bonchev–Trinajstić information content (AvgIpc) is 3.35. The van der Waals surface area contributed by atoms with Gasteiger partial charge in [-0.2, -0.15) is 0 Å². The molecule has 8 heteroatoms. The van der Waals surface area contributed by atoms with Crippen molar-refractivity contribution in [3.05, 3.63) is 94.4 Å². The first-order valence-electron chi connectivity index (χ1n) is 8.48. The number of nitrogens with one attached hydrogen (secondary N) is 1. The Morgan fingerprint density at radius 2 is 1.54 bits per heavy atom. The van der Waals surface area contributed by atoms with Gasteiger partial charge in [-0.1, -0.05) is 40.5 Å². The third-order valence-corrected chi connectivity index (χ3v) is 4.62. The second-order valence-corrected chi connectivity index (χ2v) is 6.97. The molecule has 4 rings (SSSR count). The second-order valence-electron chi connectivity index (χ2n) is 6.10. The van der Waals surface area contributed by atoms with Gasteiger partial charge in [0.05, 0.1) is 6.54 Å². The van der Waals surface area contributed by atoms with Gasteiger partial charge in [0.2, 0.25) is 0 Å². The molecule has 2 aromatic heterocycles. The Morgan fingerprint density at radius 1 is 0.929 bits per heavy atom. The number of carbonyl (C=O) groups is 1. The quantitative estimate of drug-likeness (QED) is 0.518. The van der Waals surface area contributed by atoms with E-state index in [1.807, 2.05) is 53.4 Å². The molecule has 1 N–H and O–H groups in total. The van der Waals surface area contributed by atoms with Crippen LogP contribution in [-0.4, -0.2) is 25.5 Å². The van der Waals surface area contributed by atoms with Gasteiger partial charge in [0.15, 0.2) is 11.5 Å². The zero-order valence-electron chi connectivity index (χ0n) is 14.6. The van der Waals surface area contributed by atoms with Crippen LogP contribution in [0.4, 0.5) is 5.69 Å². The van der Waals surface area contributed by atoms with Crippen LogP contribution in [-0.2, 0) is 6.54 Å². The molecule has 28 heavy (non-hydrogen) atoms. The number of carbonyl (C=O) groups excluding carboxylic acids is 1. The molecule has 4 aromatic rings. The molecule has 0 saturated carbocycles. The van der Waals surface area contributed by atoms with Gasteiger partial charge in [-0.3, -0.25) is 4.79 Å². The highest BCUT2D eigenvalue weighted by Crippen LogP contribution is 2.19. The van der Waals surface area contributed by atoms with Gasteiger partial charge in [-0.05, 0) is 54.1 Å². The third kappa shape index (κ3) is 3.93. The minimum Gasteiger partial charge on any atom is -0.320 e. The van der Waals surface area contributed by atoms with Gasteiger partial charge in [-0.25, -0.2) is 4.68 Å². The molecule has 0 radical (unpaired) electrons. The Bertz CT molecular complexity index is 1090. The van der Waals surface area contributed by atoms with Crippen molar-refractivity contribution in [1.82, 2.24) is 19.6 Å². The predicted octanol–water partition coefficient (Wildman–Crippen LogP) is 4.68. The number of hydrogen-bond acceptors (Lipinski definition) is 3. The van der Waals surface area contributed by atoms with Crippen LogP contribution in [0.5, 0.6) is 0 Å². The molecule has 140 valence electrons. The molecule has 0 atom stereocenters. The van der Waals surface area contributed by atoms with Crippen LogP contribution in [0.25, 0.3) is 5.82 Å². The molecule has 0 saturated heterocycles. The lowest BCUT2D eigenvalue weighted by Gasteiger charge is -2.10. The van der Waals surface area contributed by atoms with Gasteiger partial charge < -0.3 is 9.88 Å². The van der Waals surface area contributed by atoms with Crippen LogP contribution < -0.4 is 5.32 Å². The Balaban J connectivity index is 1.67. The fourth-order valence-electron chi connectivity index (χ4n) is 2.78. The lowest BCUT2D eigenvalue weighted by atomic mass is 10.2. The van der Waals surface area contributed by atoms with E-state index >= 15 is 0 Å². The summed E-state index contributed by atoms with van der Waals surface area (Å²) in [5.41, 5.74) is 1.84. The number of anilines is 1. The van der Waals surface area contributed by atoms with Gasteiger partial charge >= 0.3 is 0 Å². The van der Waals surface area contributed by atoms with E-state index < -0.39 is 0 Å². The molecule has 0 aliphatic heterocycles. The Labute approximate surface area is 171 Å². The molecular formula is C20H15Cl2N5O. The summed E-state index contributed by atoms with van der Waals surface area (Å²) < 4.78 is 3.49. The summed E-state index contributed by atoms with van der Waals surface area (Å²) >= 11 is 11.9. The predicted molar refractivity (Wildman–Crippen MR) is 109 cm³/mol. The topological polar surface area (TPSA) is 64.7 Å². The second kappa shape index (κ2) is 7.88. The number of amides is 1. The van der Waals surface area contributed by atoms with Gasteiger partial charge in [0.1, 0.15) is 0 Å². The number of halogens is 2. The summed E-state index contributed by atoms with van der Waals surface area (Å²) in [5.74, 6) is 0.222. The van der Waals surface area contributed by atoms with Crippen molar-refractivity contribution in [3.63, 3.8) is 0 Å². The van der Waals surface area contributed by atoms with Gasteiger partial charge in [0, 0.05) is 28.1 Å². The van der Waals surface area contributed by atoms with Gasteiger partial charge in [-0.15, -0.1) is 5.10 Å². The molecule has 0 spiro atoms. The summed E-state index contributed by atoms with van der Waals surface area (Å²) in [7, 11) is 0. The smallest absolute Gasteiger partial charge is 0.280 e. The minimum atomic E-state index is -0.353. The molecule has 0 fully saturated rings. The fraction of sp³-hybridized carbons (Fsp3) is 0.0500. The monoisotopic (exact) mass is 411 g/mol. The van der Waals surface area contributed by atoms with Crippen LogP contribution in [0.15, 0.2) is 73.1 Å². The van der Waals surface area contributed by atoms with E-state index in [0.717, 1.165) is 5.56 Å². The third-order valence-electron chi connectivity index (χ3n) is 4.12. The zero-order chi connectivity index (χ0) is 19.5. The highest BCUT2D eigenvalue weighted by Gasteiger charge is 2.21. The number of rotatable bonds is 5. The summed E-state index contributed by atoms with van der Waals surface area (Å²) in [6.45, 7) is 0.450. The lowest BCUT2D eigenvalue weighted by Crippen LogP contribution is -2.16. The first kappa shape index (κ1) is 18.3. The molecule has 6 nitrogen and oxygen atoms in total. The van der Waals surface area contributed by atoms with Crippen LogP contribution >= 0.6 is 23.2 Å². The molecule has 2 aromatic carbocycles. The maximum Gasteiger partial charge on any atom is 0.280 e. The largest absolute Gasteiger partial charge is 0.320 e. The number of hydrogen-bond donors (Lipinski definition) is 1. The standard InChI is InChI=1S/C20H15Cl2N5O/c21-15-5-3-14(4-6-15)13-27-20(26-11-1-2-12-26)18(24-25-27)19(28)23-17-9-7-16(22)8-10-17/h1-12H,13H2,(H,23,28). The molecule has 0 bridgehead atoms. The molecule has 0 unspecified atom stereocenters. The summed E-state index contributed by atoms with van der Waals surface area (Å²) in [6.07, 6.45) is 3.69. The van der Waals surface area contributed by atoms with Gasteiger partial charge in [0.25, 0.3) is 5.91 Å². The molecule has 1 amide bonds. The van der Waals surface area contributed by atoms with E-state index in [1.54, 1.807) is 28.9 Å². The van der Waals surface area contributed by atoms with Crippen molar-refractivity contribution in [2.45, 2.75) is 6.54 Å². The van der Waals surface area contributed by atoms with E-state index in [1.165, 1.54) is 0 Å². The van der Waals surface area contributed by atoms with Crippen LogP contribution in [0.3, 0.4) is 0 Å². The Kier molecular flexibility index (Phi) is 5.14. The van der Waals surface area contributed by atoms with Crippen molar-refractivity contribution in [3.8, 4) is 5.82 Å². The first-order chi connectivity index (χ1) is 13.6. The minimum absolute atomic E-state index is 0.222. The number of aromatic nitrogens is 4. The summed E-state index contributed by atoms with van der Waals surface area (Å²) in [4.78, 5) is 12.8. The first-order valence-corrected chi connectivity index (χ1v) is 9.24. The van der Waals surface area contributed by atoms with E-state index in [0.29, 0.717) is 28.1 Å². The fourth-order valence-corrected chi connectivity index (χ4v) is 3.03. The Morgan fingerprint density at radius 3 is 2.18 bits per heavy atom. The zero-order valence-corrected chi connectivity index (χ0v) is 16.1. The number of benzene rings is 2. The maximum atomic E-state index is 12.8. The lowest BCUT2D eigenvalue weighted by molar-refractivity contribution is 0.102. The van der Waals surface area contributed by atoms with E-state index in [9.17, 15) is 4.79 Å². The molecule has 2 heterocycles. The number of nitrogens with zero attached hydrogens (tertiary/aromatic N) is 4. The highest BCUT2D eigenvalue weighted by atomic mass is 35.5.